The number of carbonyl (C=O) groups is 1. The molecule has 6 heteroatoms. The highest BCUT2D eigenvalue weighted by Gasteiger charge is 2.33. The van der Waals surface area contributed by atoms with Crippen molar-refractivity contribution in [3.63, 3.8) is 0 Å². The van der Waals surface area contributed by atoms with Crippen LogP contribution in [0.1, 0.15) is 24.6 Å². The van der Waals surface area contributed by atoms with Gasteiger partial charge in [0.15, 0.2) is 0 Å². The minimum atomic E-state index is -0.787. The van der Waals surface area contributed by atoms with Crippen LogP contribution in [0.5, 0.6) is 0 Å². The molecule has 0 fully saturated rings. The van der Waals surface area contributed by atoms with Crippen LogP contribution in [0.25, 0.3) is 5.78 Å². The maximum atomic E-state index is 11.3. The van der Waals surface area contributed by atoms with Gasteiger partial charge in [0.05, 0.1) is 5.92 Å². The summed E-state index contributed by atoms with van der Waals surface area (Å²) in [6.45, 7) is 0. The average Bonchev–Trinajstić information content (AvgIpc) is 2.82. The van der Waals surface area contributed by atoms with Gasteiger partial charge in [0.2, 0.25) is 0 Å². The number of allylic oxidation sites excluding steroid dienone is 2. The molecular formula is C12H12N4O2. The zero-order valence-corrected chi connectivity index (χ0v) is 9.60. The van der Waals surface area contributed by atoms with Gasteiger partial charge in [0.25, 0.3) is 5.78 Å². The molecule has 2 aromatic heterocycles. The van der Waals surface area contributed by atoms with Crippen molar-refractivity contribution in [2.45, 2.75) is 18.8 Å². The molecule has 0 spiro atoms. The smallest absolute Gasteiger partial charge is 0.307 e. The lowest BCUT2D eigenvalue weighted by molar-refractivity contribution is -0.142. The molecule has 2 heterocycles. The van der Waals surface area contributed by atoms with Gasteiger partial charge in [-0.15, -0.1) is 10.2 Å². The van der Waals surface area contributed by atoms with Crippen LogP contribution < -0.4 is 0 Å². The summed E-state index contributed by atoms with van der Waals surface area (Å²) in [6, 6.07) is 1.79. The van der Waals surface area contributed by atoms with Crippen molar-refractivity contribution in [3.8, 4) is 0 Å². The first-order valence-corrected chi connectivity index (χ1v) is 5.81. The first kappa shape index (κ1) is 10.9. The van der Waals surface area contributed by atoms with Crippen LogP contribution in [0.2, 0.25) is 0 Å². The monoisotopic (exact) mass is 244 g/mol. The standard InChI is InChI=1S/C12H12N4O2/c17-11(18)9-5-2-1-4-8(9)10-14-15-12-13-6-3-7-16(10)12/h1-3,6-9H,4-5H2,(H,17,18)/t8-,9+/m1/s1. The van der Waals surface area contributed by atoms with Gasteiger partial charge in [0, 0.05) is 18.3 Å². The summed E-state index contributed by atoms with van der Waals surface area (Å²) in [4.78, 5) is 15.4. The van der Waals surface area contributed by atoms with Gasteiger partial charge in [-0.1, -0.05) is 12.2 Å². The van der Waals surface area contributed by atoms with E-state index in [1.807, 2.05) is 18.3 Å². The van der Waals surface area contributed by atoms with E-state index in [1.54, 1.807) is 16.7 Å². The third-order valence-electron chi connectivity index (χ3n) is 3.30. The van der Waals surface area contributed by atoms with Crippen LogP contribution in [0.3, 0.4) is 0 Å². The summed E-state index contributed by atoms with van der Waals surface area (Å²) < 4.78 is 1.76. The molecule has 0 saturated carbocycles. The fourth-order valence-corrected chi connectivity index (χ4v) is 2.39. The quantitative estimate of drug-likeness (QED) is 0.804. The number of carboxylic acid groups (broad SMARTS) is 1. The third kappa shape index (κ3) is 1.66. The van der Waals surface area contributed by atoms with E-state index in [2.05, 4.69) is 15.2 Å². The van der Waals surface area contributed by atoms with Gasteiger partial charge in [-0.3, -0.25) is 9.20 Å². The normalized spacial score (nSPS) is 23.3. The summed E-state index contributed by atoms with van der Waals surface area (Å²) in [6.07, 6.45) is 8.58. The van der Waals surface area contributed by atoms with Crippen molar-refractivity contribution in [1.29, 1.82) is 0 Å². The van der Waals surface area contributed by atoms with Crippen molar-refractivity contribution < 1.29 is 9.90 Å². The number of rotatable bonds is 2. The summed E-state index contributed by atoms with van der Waals surface area (Å²) in [5.74, 6) is -0.194. The molecule has 0 unspecified atom stereocenters. The van der Waals surface area contributed by atoms with E-state index in [0.717, 1.165) is 0 Å². The molecule has 0 amide bonds. The van der Waals surface area contributed by atoms with Gasteiger partial charge in [-0.05, 0) is 18.9 Å². The predicted molar refractivity (Wildman–Crippen MR) is 63.0 cm³/mol. The number of carboxylic acids is 1. The SMILES string of the molecule is O=C(O)[C@H]1CC=CC[C@H]1c1nnc2ncccn12. The van der Waals surface area contributed by atoms with E-state index >= 15 is 0 Å². The summed E-state index contributed by atoms with van der Waals surface area (Å²) in [5.41, 5.74) is 0. The molecule has 1 aliphatic carbocycles. The molecule has 2 aromatic rings. The molecule has 18 heavy (non-hydrogen) atoms. The number of aromatic nitrogens is 4. The Balaban J connectivity index is 2.07. The van der Waals surface area contributed by atoms with Gasteiger partial charge >= 0.3 is 5.97 Å². The molecule has 6 nitrogen and oxygen atoms in total. The van der Waals surface area contributed by atoms with Crippen LogP contribution >= 0.6 is 0 Å². The molecule has 0 aliphatic heterocycles. The molecular weight excluding hydrogens is 232 g/mol. The first-order valence-electron chi connectivity index (χ1n) is 5.81. The van der Waals surface area contributed by atoms with Gasteiger partial charge in [0.1, 0.15) is 5.82 Å². The summed E-state index contributed by atoms with van der Waals surface area (Å²) in [5, 5.41) is 17.3. The van der Waals surface area contributed by atoms with Crippen molar-refractivity contribution in [2.24, 2.45) is 5.92 Å². The van der Waals surface area contributed by atoms with Gasteiger partial charge in [-0.25, -0.2) is 4.98 Å². The van der Waals surface area contributed by atoms with E-state index in [0.29, 0.717) is 24.4 Å². The van der Waals surface area contributed by atoms with E-state index in [-0.39, 0.29) is 5.92 Å². The molecule has 2 atom stereocenters. The second kappa shape index (κ2) is 4.21. The number of aliphatic carboxylic acids is 1. The molecule has 0 bridgehead atoms. The van der Waals surface area contributed by atoms with Crippen molar-refractivity contribution in [2.75, 3.05) is 0 Å². The summed E-state index contributed by atoms with van der Waals surface area (Å²) >= 11 is 0. The van der Waals surface area contributed by atoms with Crippen LogP contribution in [0, 0.1) is 5.92 Å². The fourth-order valence-electron chi connectivity index (χ4n) is 2.39. The predicted octanol–water partition coefficient (Wildman–Crippen LogP) is 1.26. The van der Waals surface area contributed by atoms with Gasteiger partial charge in [-0.2, -0.15) is 0 Å². The van der Waals surface area contributed by atoms with E-state index in [1.165, 1.54) is 0 Å². The highest BCUT2D eigenvalue weighted by Crippen LogP contribution is 2.33. The molecule has 92 valence electrons. The maximum Gasteiger partial charge on any atom is 0.307 e. The molecule has 3 rings (SSSR count). The third-order valence-corrected chi connectivity index (χ3v) is 3.30. The van der Waals surface area contributed by atoms with Crippen LogP contribution in [-0.4, -0.2) is 30.7 Å². The summed E-state index contributed by atoms with van der Waals surface area (Å²) in [7, 11) is 0. The zero-order valence-electron chi connectivity index (χ0n) is 9.60. The Morgan fingerprint density at radius 1 is 1.33 bits per heavy atom. The Labute approximate surface area is 103 Å². The Morgan fingerprint density at radius 3 is 3.00 bits per heavy atom. The fraction of sp³-hybridized carbons (Fsp3) is 0.333. The van der Waals surface area contributed by atoms with Crippen LogP contribution in [0.15, 0.2) is 30.6 Å². The maximum absolute atomic E-state index is 11.3. The minimum Gasteiger partial charge on any atom is -0.481 e. The second-order valence-electron chi connectivity index (χ2n) is 4.34. The molecule has 0 radical (unpaired) electrons. The highest BCUT2D eigenvalue weighted by atomic mass is 16.4. The van der Waals surface area contributed by atoms with Crippen molar-refractivity contribution >= 4 is 11.7 Å². The highest BCUT2D eigenvalue weighted by molar-refractivity contribution is 5.71. The van der Waals surface area contributed by atoms with E-state index in [9.17, 15) is 9.90 Å². The average molecular weight is 244 g/mol. The lowest BCUT2D eigenvalue weighted by Crippen LogP contribution is -2.25. The van der Waals surface area contributed by atoms with E-state index in [4.69, 9.17) is 0 Å². The van der Waals surface area contributed by atoms with Gasteiger partial charge < -0.3 is 5.11 Å². The largest absolute Gasteiger partial charge is 0.481 e. The molecule has 0 saturated heterocycles. The van der Waals surface area contributed by atoms with Crippen molar-refractivity contribution in [3.05, 3.63) is 36.4 Å². The van der Waals surface area contributed by atoms with Crippen LogP contribution in [0.4, 0.5) is 0 Å². The van der Waals surface area contributed by atoms with E-state index < -0.39 is 11.9 Å². The zero-order chi connectivity index (χ0) is 12.5. The molecule has 1 N–H and O–H groups in total. The Kier molecular flexibility index (Phi) is 2.55. The Hall–Kier alpha value is -2.24. The molecule has 1 aliphatic rings. The Bertz CT molecular complexity index is 619. The lowest BCUT2D eigenvalue weighted by Gasteiger charge is -2.23. The molecule has 0 aromatic carbocycles. The number of fused-ring (bicyclic) bond motifs is 1. The topological polar surface area (TPSA) is 80.4 Å². The number of nitrogens with zero attached hydrogens (tertiary/aromatic N) is 4. The minimum absolute atomic E-state index is 0.147. The number of hydrogen-bond acceptors (Lipinski definition) is 4. The van der Waals surface area contributed by atoms with Crippen molar-refractivity contribution in [1.82, 2.24) is 19.6 Å². The lowest BCUT2D eigenvalue weighted by atomic mass is 9.82. The Morgan fingerprint density at radius 2 is 2.17 bits per heavy atom. The first-order chi connectivity index (χ1) is 8.77. The second-order valence-corrected chi connectivity index (χ2v) is 4.34. The van der Waals surface area contributed by atoms with Crippen LogP contribution in [-0.2, 0) is 4.79 Å². The number of hydrogen-bond donors (Lipinski definition) is 1.